The molecule has 0 bridgehead atoms. The van der Waals surface area contributed by atoms with Gasteiger partial charge in [0.2, 0.25) is 0 Å². The molecule has 24 heteroatoms. The third-order valence-electron chi connectivity index (χ3n) is 3.33. The van der Waals surface area contributed by atoms with E-state index < -0.39 is 24.3 Å². The number of carbonyl (C=O) groups excluding carboxylic acids is 2. The number of alkyl halides is 6. The number of carbonyl (C=O) groups is 2. The van der Waals surface area contributed by atoms with E-state index in [1.807, 2.05) is 0 Å². The zero-order valence-electron chi connectivity index (χ0n) is 21.5. The Kier molecular flexibility index (Phi) is 29.5. The Hall–Kier alpha value is -3.32. The molecule has 0 radical (unpaired) electrons. The first-order valence-electron chi connectivity index (χ1n) is 10.5. The van der Waals surface area contributed by atoms with E-state index >= 15 is 0 Å². The van der Waals surface area contributed by atoms with E-state index in [0.29, 0.717) is 22.8 Å². The second-order valence-electron chi connectivity index (χ2n) is 6.45. The fourth-order valence-corrected chi connectivity index (χ4v) is 1.51. The van der Waals surface area contributed by atoms with Gasteiger partial charge in [-0.1, -0.05) is 0 Å². The zero-order valence-corrected chi connectivity index (χ0v) is 24.5. The maximum atomic E-state index is 10.5. The number of carboxylic acid groups (broad SMARTS) is 2. The van der Waals surface area contributed by atoms with E-state index in [2.05, 4.69) is 39.9 Å². The maximum absolute atomic E-state index is 10.5. The molecule has 0 fully saturated rings. The minimum absolute atomic E-state index is 0. The number of hydrogen-bond donors (Lipinski definition) is 8. The van der Waals surface area contributed by atoms with Gasteiger partial charge in [0.15, 0.2) is 0 Å². The van der Waals surface area contributed by atoms with Crippen LogP contribution in [0.15, 0.2) is 50.1 Å². The number of nitrogens with zero attached hydrogens (tertiary/aromatic N) is 4. The molecule has 8 N–H and O–H groups in total. The molecule has 256 valence electrons. The predicted molar refractivity (Wildman–Crippen MR) is 120 cm³/mol. The van der Waals surface area contributed by atoms with Crippen LogP contribution in [0.5, 0.6) is 0 Å². The van der Waals surface area contributed by atoms with E-state index in [0.717, 1.165) is 0 Å². The minimum Gasteiger partial charge on any atom is -0.542 e. The molecule has 0 amide bonds. The molecule has 4 aromatic heterocycles. The molecule has 4 rings (SSSR count). The summed E-state index contributed by atoms with van der Waals surface area (Å²) in [5.41, 5.74) is 2.72. The topological polar surface area (TPSA) is 276 Å². The van der Waals surface area contributed by atoms with Crippen LogP contribution in [0.3, 0.4) is 0 Å². The number of hydrogen-bond acceptors (Lipinski definition) is 12. The molecular formula is C20H24Ag2F6N8O8. The molecule has 4 heterocycles. The summed E-state index contributed by atoms with van der Waals surface area (Å²) in [6.45, 7) is 0.0694. The van der Waals surface area contributed by atoms with Gasteiger partial charge in [-0.25, -0.2) is 19.9 Å². The van der Waals surface area contributed by atoms with Crippen molar-refractivity contribution >= 4 is 11.9 Å². The molecule has 44 heavy (non-hydrogen) atoms. The smallest absolute Gasteiger partial charge is 0.542 e. The van der Waals surface area contributed by atoms with Crippen LogP contribution in [0.25, 0.3) is 0 Å². The van der Waals surface area contributed by atoms with E-state index in [1.54, 1.807) is 24.8 Å². The normalized spacial score (nSPS) is 9.50. The Bertz CT molecular complexity index is 1010. The first kappa shape index (κ1) is 47.6. The second-order valence-corrected chi connectivity index (χ2v) is 6.45. The van der Waals surface area contributed by atoms with Crippen LogP contribution < -0.4 is 10.2 Å². The van der Waals surface area contributed by atoms with Crippen LogP contribution in [0.2, 0.25) is 0 Å². The van der Waals surface area contributed by atoms with Crippen molar-refractivity contribution in [2.75, 3.05) is 0 Å². The van der Waals surface area contributed by atoms with Crippen molar-refractivity contribution in [3.8, 4) is 0 Å². The van der Waals surface area contributed by atoms with Crippen molar-refractivity contribution in [2.24, 2.45) is 0 Å². The predicted octanol–water partition coefficient (Wildman–Crippen LogP) is -1.80. The molecule has 0 aliphatic rings. The van der Waals surface area contributed by atoms with Gasteiger partial charge in [0.25, 0.3) is 0 Å². The molecule has 0 unspecified atom stereocenters. The van der Waals surface area contributed by atoms with Crippen LogP contribution >= 0.6 is 0 Å². The summed E-state index contributed by atoms with van der Waals surface area (Å²) < 4.78 is 63.1. The third-order valence-corrected chi connectivity index (χ3v) is 3.33. The fourth-order valence-electron chi connectivity index (χ4n) is 1.51. The maximum Gasteiger partial charge on any atom is 1.00 e. The summed E-state index contributed by atoms with van der Waals surface area (Å²) >= 11 is 0. The Morgan fingerprint density at radius 2 is 0.705 bits per heavy atom. The van der Waals surface area contributed by atoms with Crippen LogP contribution in [0.4, 0.5) is 26.3 Å². The van der Waals surface area contributed by atoms with Gasteiger partial charge < -0.3 is 60.2 Å². The number of aromatic amines is 4. The fraction of sp³-hybridized carbons (Fsp3) is 0.300. The van der Waals surface area contributed by atoms with Crippen molar-refractivity contribution in [3.05, 3.63) is 72.9 Å². The molecule has 0 saturated heterocycles. The van der Waals surface area contributed by atoms with Gasteiger partial charge in [0.05, 0.1) is 74.5 Å². The Labute approximate surface area is 274 Å². The minimum atomic E-state index is -5.19. The number of H-pyrrole nitrogens is 4. The number of halogens is 6. The van der Waals surface area contributed by atoms with Gasteiger partial charge >= 0.3 is 57.1 Å². The molecule has 0 saturated carbocycles. The van der Waals surface area contributed by atoms with Gasteiger partial charge in [0.1, 0.15) is 11.9 Å². The molecule has 0 spiro atoms. The Morgan fingerprint density at radius 3 is 0.750 bits per heavy atom. The van der Waals surface area contributed by atoms with E-state index in [4.69, 9.17) is 40.2 Å². The van der Waals surface area contributed by atoms with Gasteiger partial charge in [0, 0.05) is 24.8 Å². The number of aromatic nitrogens is 8. The number of aliphatic hydroxyl groups excluding tert-OH is 4. The summed E-state index contributed by atoms with van der Waals surface area (Å²) in [7, 11) is 0. The summed E-state index contributed by atoms with van der Waals surface area (Å²) in [6, 6.07) is 0. The third kappa shape index (κ3) is 27.5. The molecule has 4 aromatic rings. The van der Waals surface area contributed by atoms with Crippen molar-refractivity contribution in [1.29, 1.82) is 0 Å². The summed E-state index contributed by atoms with van der Waals surface area (Å²) in [6.07, 6.45) is 2.36. The van der Waals surface area contributed by atoms with Crippen LogP contribution in [-0.4, -0.2) is 84.6 Å². The molecule has 0 atom stereocenters. The molecular weight excluding hydrogens is 810 g/mol. The van der Waals surface area contributed by atoms with Crippen LogP contribution in [-0.2, 0) is 80.8 Å². The first-order chi connectivity index (χ1) is 19.6. The SMILES string of the molecule is O=C([O-])C(F)(F)F.O=C([O-])C(F)(F)F.OCc1c[nH]cn1.OCc1c[nH]cn1.OCc1c[nH]cn1.OCc1c[nH]cn1.[Ag+].[Ag+]. The summed E-state index contributed by atoms with van der Waals surface area (Å²) in [5, 5.41) is 50.9. The molecule has 0 aliphatic carbocycles. The van der Waals surface area contributed by atoms with E-state index in [9.17, 15) is 26.3 Å². The van der Waals surface area contributed by atoms with E-state index in [1.165, 1.54) is 25.3 Å². The Morgan fingerprint density at radius 1 is 0.545 bits per heavy atom. The van der Waals surface area contributed by atoms with E-state index in [-0.39, 0.29) is 71.2 Å². The van der Waals surface area contributed by atoms with Crippen LogP contribution in [0, 0.1) is 0 Å². The van der Waals surface area contributed by atoms with Crippen molar-refractivity contribution < 1.29 is 111 Å². The first-order valence-corrected chi connectivity index (χ1v) is 10.5. The zero-order chi connectivity index (χ0) is 32.6. The quantitative estimate of drug-likeness (QED) is 0.0836. The molecule has 0 aliphatic heterocycles. The number of imidazole rings is 4. The van der Waals surface area contributed by atoms with Crippen LogP contribution in [0.1, 0.15) is 22.8 Å². The largest absolute Gasteiger partial charge is 1.00 e. The summed E-state index contributed by atoms with van der Waals surface area (Å²) in [4.78, 5) is 43.3. The second kappa shape index (κ2) is 27.2. The van der Waals surface area contributed by atoms with Gasteiger partial charge in [-0.15, -0.1) is 0 Å². The van der Waals surface area contributed by atoms with Crippen molar-refractivity contribution in [1.82, 2.24) is 39.9 Å². The number of aliphatic hydroxyl groups is 4. The standard InChI is InChI=1S/4C4H6N2O.2C2HF3O2.2Ag/c4*7-2-4-1-5-3-6-4;2*3-2(4,5)1(6)7;;/h4*1,3,7H,2H2,(H,5,6);2*(H,6,7);;/q;;;;;;2*+1/p-2. The van der Waals surface area contributed by atoms with Crippen molar-refractivity contribution in [2.45, 2.75) is 38.8 Å². The summed E-state index contributed by atoms with van der Waals surface area (Å²) in [5.74, 6) is -6.01. The number of aliphatic carboxylic acids is 2. The number of rotatable bonds is 4. The average Bonchev–Trinajstić information content (AvgIpc) is 3.77. The Balaban J connectivity index is -0.000000216. The van der Waals surface area contributed by atoms with Gasteiger partial charge in [-0.3, -0.25) is 0 Å². The monoisotopic (exact) mass is 832 g/mol. The van der Waals surface area contributed by atoms with Gasteiger partial charge in [-0.05, 0) is 0 Å². The van der Waals surface area contributed by atoms with Crippen molar-refractivity contribution in [3.63, 3.8) is 0 Å². The molecule has 0 aromatic carbocycles. The number of carboxylic acids is 2. The average molecular weight is 834 g/mol. The van der Waals surface area contributed by atoms with Gasteiger partial charge in [-0.2, -0.15) is 26.3 Å². The number of nitrogens with one attached hydrogen (secondary N) is 4. The molecule has 16 nitrogen and oxygen atoms in total.